The van der Waals surface area contributed by atoms with Crippen LogP contribution >= 0.6 is 0 Å². The van der Waals surface area contributed by atoms with E-state index in [0.717, 1.165) is 36.7 Å². The van der Waals surface area contributed by atoms with Crippen LogP contribution in [0, 0.1) is 29.4 Å². The maximum atomic E-state index is 14.5. The highest BCUT2D eigenvalue weighted by molar-refractivity contribution is 5.75. The molecule has 1 atom stereocenters. The smallest absolute Gasteiger partial charge is 0.166 e. The Hall–Kier alpha value is -1.44. The molecule has 2 heteroatoms. The van der Waals surface area contributed by atoms with Crippen LogP contribution in [0.15, 0.2) is 30.4 Å². The number of benzene rings is 1. The largest absolute Gasteiger partial charge is 0.203 e. The Labute approximate surface area is 151 Å². The minimum Gasteiger partial charge on any atom is -0.203 e. The van der Waals surface area contributed by atoms with Gasteiger partial charge in [0, 0.05) is 5.56 Å². The van der Waals surface area contributed by atoms with Crippen LogP contribution in [0.1, 0.15) is 69.9 Å². The molecule has 0 aliphatic heterocycles. The number of unbranched alkanes of at least 4 members (excludes halogenated alkanes) is 1. The van der Waals surface area contributed by atoms with Gasteiger partial charge in [-0.2, -0.15) is 0 Å². The highest BCUT2D eigenvalue weighted by Crippen LogP contribution is 2.38. The molecule has 1 aromatic rings. The molecule has 136 valence electrons. The van der Waals surface area contributed by atoms with Crippen molar-refractivity contribution in [1.82, 2.24) is 0 Å². The van der Waals surface area contributed by atoms with Gasteiger partial charge in [0.2, 0.25) is 0 Å². The van der Waals surface area contributed by atoms with Crippen LogP contribution in [-0.2, 0) is 6.42 Å². The van der Waals surface area contributed by atoms with Gasteiger partial charge in [-0.15, -0.1) is 0 Å². The first-order chi connectivity index (χ1) is 12.1. The van der Waals surface area contributed by atoms with E-state index in [1.807, 2.05) is 6.08 Å². The first-order valence-corrected chi connectivity index (χ1v) is 9.95. The minimum absolute atomic E-state index is 0.407. The summed E-state index contributed by atoms with van der Waals surface area (Å²) >= 11 is 0. The van der Waals surface area contributed by atoms with E-state index in [0.29, 0.717) is 23.5 Å². The first kappa shape index (κ1) is 18.4. The quantitative estimate of drug-likeness (QED) is 0.534. The van der Waals surface area contributed by atoms with Gasteiger partial charge >= 0.3 is 0 Å². The Morgan fingerprint density at radius 3 is 2.44 bits per heavy atom. The topological polar surface area (TPSA) is 0 Å². The fourth-order valence-electron chi connectivity index (χ4n) is 4.27. The van der Waals surface area contributed by atoms with E-state index >= 15 is 0 Å². The fourth-order valence-corrected chi connectivity index (χ4v) is 4.27. The summed E-state index contributed by atoms with van der Waals surface area (Å²) in [5, 5.41) is 0. The van der Waals surface area contributed by atoms with Crippen molar-refractivity contribution in [2.45, 2.75) is 65.2 Å². The lowest BCUT2D eigenvalue weighted by atomic mass is 9.73. The van der Waals surface area contributed by atoms with Crippen LogP contribution < -0.4 is 0 Å². The molecule has 25 heavy (non-hydrogen) atoms. The lowest BCUT2D eigenvalue weighted by Gasteiger charge is -2.32. The molecule has 0 spiro atoms. The first-order valence-electron chi connectivity index (χ1n) is 9.95. The van der Waals surface area contributed by atoms with E-state index in [1.165, 1.54) is 25.7 Å². The van der Waals surface area contributed by atoms with Gasteiger partial charge in [-0.05, 0) is 61.0 Å². The van der Waals surface area contributed by atoms with Gasteiger partial charge in [-0.25, -0.2) is 8.78 Å². The molecule has 1 aromatic carbocycles. The monoisotopic (exact) mass is 344 g/mol. The molecule has 0 saturated heterocycles. The van der Waals surface area contributed by atoms with Gasteiger partial charge < -0.3 is 0 Å². The summed E-state index contributed by atoms with van der Waals surface area (Å²) in [6.07, 6.45) is 15.0. The van der Waals surface area contributed by atoms with E-state index < -0.39 is 11.6 Å². The second-order valence-electron chi connectivity index (χ2n) is 7.94. The van der Waals surface area contributed by atoms with Crippen molar-refractivity contribution in [3.8, 4) is 0 Å². The van der Waals surface area contributed by atoms with E-state index in [1.54, 1.807) is 12.1 Å². The molecule has 0 bridgehead atoms. The average molecular weight is 344 g/mol. The second kappa shape index (κ2) is 8.29. The highest BCUT2D eigenvalue weighted by atomic mass is 19.2. The molecule has 0 N–H and O–H groups in total. The van der Waals surface area contributed by atoms with Gasteiger partial charge in [0.1, 0.15) is 0 Å². The SMILES string of the molecule is CCCCc1ccc(C2=CCC(C3CCC(C)CC3)C=C2)c(F)c1F. The van der Waals surface area contributed by atoms with Crippen LogP contribution in [0.5, 0.6) is 0 Å². The van der Waals surface area contributed by atoms with Crippen molar-refractivity contribution in [3.05, 3.63) is 53.1 Å². The third-order valence-electron chi connectivity index (χ3n) is 6.07. The van der Waals surface area contributed by atoms with Gasteiger partial charge in [0.15, 0.2) is 11.6 Å². The lowest BCUT2D eigenvalue weighted by Crippen LogP contribution is -2.20. The Morgan fingerprint density at radius 1 is 1.04 bits per heavy atom. The molecule has 0 aromatic heterocycles. The standard InChI is InChI=1S/C23H30F2/c1-3-4-5-20-14-15-21(23(25)22(20)24)19-12-10-18(11-13-19)17-8-6-16(2)7-9-17/h10,12-18H,3-9,11H2,1-2H3. The van der Waals surface area contributed by atoms with Crippen LogP contribution in [0.2, 0.25) is 0 Å². The van der Waals surface area contributed by atoms with Crippen molar-refractivity contribution < 1.29 is 8.78 Å². The zero-order valence-electron chi connectivity index (χ0n) is 15.5. The predicted octanol–water partition coefficient (Wildman–Crippen LogP) is 7.09. The van der Waals surface area contributed by atoms with Gasteiger partial charge in [-0.1, -0.05) is 63.5 Å². The Balaban J connectivity index is 1.69. The van der Waals surface area contributed by atoms with Gasteiger partial charge in [0.05, 0.1) is 0 Å². The Kier molecular flexibility index (Phi) is 6.09. The molecule has 1 fully saturated rings. The number of allylic oxidation sites excluding steroid dienone is 4. The maximum Gasteiger partial charge on any atom is 0.166 e. The zero-order chi connectivity index (χ0) is 17.8. The molecule has 1 saturated carbocycles. The Morgan fingerprint density at radius 2 is 1.80 bits per heavy atom. The molecular weight excluding hydrogens is 314 g/mol. The summed E-state index contributed by atoms with van der Waals surface area (Å²) in [6.45, 7) is 4.40. The molecular formula is C23H30F2. The van der Waals surface area contributed by atoms with Crippen LogP contribution in [0.4, 0.5) is 8.78 Å². The molecule has 2 aliphatic carbocycles. The van der Waals surface area contributed by atoms with Crippen molar-refractivity contribution in [2.75, 3.05) is 0 Å². The molecule has 0 amide bonds. The third kappa shape index (κ3) is 4.22. The maximum absolute atomic E-state index is 14.5. The second-order valence-corrected chi connectivity index (χ2v) is 7.94. The fraction of sp³-hybridized carbons (Fsp3) is 0.565. The van der Waals surface area contributed by atoms with Gasteiger partial charge in [0.25, 0.3) is 0 Å². The molecule has 3 rings (SSSR count). The summed E-state index contributed by atoms with van der Waals surface area (Å²) in [5.41, 5.74) is 1.74. The predicted molar refractivity (Wildman–Crippen MR) is 101 cm³/mol. The van der Waals surface area contributed by atoms with E-state index in [-0.39, 0.29) is 0 Å². The molecule has 0 nitrogen and oxygen atoms in total. The van der Waals surface area contributed by atoms with Crippen molar-refractivity contribution in [1.29, 1.82) is 0 Å². The van der Waals surface area contributed by atoms with Crippen LogP contribution in [0.3, 0.4) is 0 Å². The highest BCUT2D eigenvalue weighted by Gasteiger charge is 2.26. The van der Waals surface area contributed by atoms with E-state index in [9.17, 15) is 8.78 Å². The summed E-state index contributed by atoms with van der Waals surface area (Å²) < 4.78 is 28.8. The summed E-state index contributed by atoms with van der Waals surface area (Å²) in [4.78, 5) is 0. The third-order valence-corrected chi connectivity index (χ3v) is 6.07. The average Bonchev–Trinajstić information content (AvgIpc) is 2.64. The van der Waals surface area contributed by atoms with E-state index in [4.69, 9.17) is 0 Å². The number of rotatable bonds is 5. The van der Waals surface area contributed by atoms with Gasteiger partial charge in [-0.3, -0.25) is 0 Å². The van der Waals surface area contributed by atoms with Crippen LogP contribution in [0.25, 0.3) is 5.57 Å². The number of hydrogen-bond donors (Lipinski definition) is 0. The summed E-state index contributed by atoms with van der Waals surface area (Å²) in [5.74, 6) is 0.826. The van der Waals surface area contributed by atoms with Crippen LogP contribution in [-0.4, -0.2) is 0 Å². The molecule has 0 radical (unpaired) electrons. The number of halogens is 2. The van der Waals surface area contributed by atoms with E-state index in [2.05, 4.69) is 26.0 Å². The number of aryl methyl sites for hydroxylation is 1. The van der Waals surface area contributed by atoms with Crippen molar-refractivity contribution in [3.63, 3.8) is 0 Å². The summed E-state index contributed by atoms with van der Waals surface area (Å²) in [7, 11) is 0. The minimum atomic E-state index is -0.686. The zero-order valence-corrected chi connectivity index (χ0v) is 15.5. The normalized spacial score (nSPS) is 26.6. The Bertz CT molecular complexity index is 648. The lowest BCUT2D eigenvalue weighted by molar-refractivity contribution is 0.240. The molecule has 0 heterocycles. The molecule has 2 aliphatic rings. The summed E-state index contributed by atoms with van der Waals surface area (Å²) in [6, 6.07) is 3.51. The molecule has 1 unspecified atom stereocenters. The van der Waals surface area contributed by atoms with Crippen molar-refractivity contribution in [2.24, 2.45) is 17.8 Å². The van der Waals surface area contributed by atoms with Crippen molar-refractivity contribution >= 4 is 5.57 Å². The number of hydrogen-bond acceptors (Lipinski definition) is 0.